The molecule has 1 rings (SSSR count). The quantitative estimate of drug-likeness (QED) is 0.457. The molecule has 0 spiro atoms. The van der Waals surface area contributed by atoms with Crippen LogP contribution in [0.25, 0.3) is 0 Å². The van der Waals surface area contributed by atoms with Crippen LogP contribution in [0.15, 0.2) is 29.3 Å². The lowest BCUT2D eigenvalue weighted by molar-refractivity contribution is 0.683. The van der Waals surface area contributed by atoms with Gasteiger partial charge in [0.05, 0.1) is 0 Å². The molecule has 0 saturated carbocycles. The predicted octanol–water partition coefficient (Wildman–Crippen LogP) is 2.61. The second-order valence-electron chi connectivity index (χ2n) is 5.12. The van der Waals surface area contributed by atoms with Crippen molar-refractivity contribution in [2.75, 3.05) is 32.6 Å². The molecule has 0 atom stereocenters. The van der Waals surface area contributed by atoms with Crippen molar-refractivity contribution in [2.45, 2.75) is 32.7 Å². The highest BCUT2D eigenvalue weighted by Gasteiger charge is 1.99. The zero-order valence-corrected chi connectivity index (χ0v) is 13.2. The third-order valence-corrected chi connectivity index (χ3v) is 3.21. The Balaban J connectivity index is 2.36. The summed E-state index contributed by atoms with van der Waals surface area (Å²) in [5, 5.41) is 6.67. The molecule has 4 heteroatoms. The van der Waals surface area contributed by atoms with E-state index in [0.29, 0.717) is 0 Å². The number of benzene rings is 1. The van der Waals surface area contributed by atoms with Gasteiger partial charge in [-0.15, -0.1) is 0 Å². The van der Waals surface area contributed by atoms with Crippen LogP contribution in [0, 0.1) is 0 Å². The van der Waals surface area contributed by atoms with Gasteiger partial charge in [-0.1, -0.05) is 31.9 Å². The molecule has 2 N–H and O–H groups in total. The number of aliphatic imine (C=N–C) groups is 1. The highest BCUT2D eigenvalue weighted by molar-refractivity contribution is 5.79. The molecule has 0 aliphatic heterocycles. The van der Waals surface area contributed by atoms with Crippen molar-refractivity contribution in [1.82, 2.24) is 10.6 Å². The van der Waals surface area contributed by atoms with Crippen molar-refractivity contribution in [2.24, 2.45) is 4.99 Å². The van der Waals surface area contributed by atoms with Crippen LogP contribution in [0.2, 0.25) is 0 Å². The van der Waals surface area contributed by atoms with E-state index in [1.54, 1.807) is 0 Å². The van der Waals surface area contributed by atoms with Gasteiger partial charge in [-0.05, 0) is 24.1 Å². The van der Waals surface area contributed by atoms with E-state index in [4.69, 9.17) is 0 Å². The van der Waals surface area contributed by atoms with Crippen LogP contribution in [0.3, 0.4) is 0 Å². The van der Waals surface area contributed by atoms with E-state index in [1.807, 2.05) is 7.05 Å². The van der Waals surface area contributed by atoms with Crippen LogP contribution in [0.5, 0.6) is 0 Å². The minimum absolute atomic E-state index is 0.793. The minimum Gasteiger partial charge on any atom is -0.378 e. The Hall–Kier alpha value is -1.71. The van der Waals surface area contributed by atoms with Crippen molar-refractivity contribution < 1.29 is 0 Å². The fourth-order valence-corrected chi connectivity index (χ4v) is 1.90. The number of hydrogen-bond acceptors (Lipinski definition) is 2. The molecule has 1 aromatic carbocycles. The van der Waals surface area contributed by atoms with Crippen LogP contribution in [-0.2, 0) is 6.54 Å². The first-order valence-electron chi connectivity index (χ1n) is 7.38. The second-order valence-corrected chi connectivity index (χ2v) is 5.12. The molecule has 0 amide bonds. The highest BCUT2D eigenvalue weighted by atomic mass is 15.2. The van der Waals surface area contributed by atoms with E-state index in [9.17, 15) is 0 Å². The fourth-order valence-electron chi connectivity index (χ4n) is 1.90. The molecule has 0 heterocycles. The van der Waals surface area contributed by atoms with Crippen molar-refractivity contribution in [1.29, 1.82) is 0 Å². The molecule has 112 valence electrons. The Morgan fingerprint density at radius 1 is 1.10 bits per heavy atom. The van der Waals surface area contributed by atoms with Gasteiger partial charge in [-0.2, -0.15) is 0 Å². The van der Waals surface area contributed by atoms with Crippen LogP contribution < -0.4 is 15.5 Å². The lowest BCUT2D eigenvalue weighted by atomic mass is 10.2. The molecule has 1 aromatic rings. The first-order chi connectivity index (χ1) is 9.67. The normalized spacial score (nSPS) is 11.3. The van der Waals surface area contributed by atoms with Crippen LogP contribution in [-0.4, -0.2) is 33.6 Å². The number of rotatable bonds is 7. The SMILES string of the molecule is CCCCCNC(=NC)NCc1ccc(N(C)C)cc1. The lowest BCUT2D eigenvalue weighted by Gasteiger charge is -2.14. The van der Waals surface area contributed by atoms with E-state index >= 15 is 0 Å². The molecule has 4 nitrogen and oxygen atoms in total. The van der Waals surface area contributed by atoms with Crippen molar-refractivity contribution in [3.8, 4) is 0 Å². The maximum atomic E-state index is 4.23. The number of anilines is 1. The Morgan fingerprint density at radius 3 is 2.35 bits per heavy atom. The van der Waals surface area contributed by atoms with Gasteiger partial charge >= 0.3 is 0 Å². The smallest absolute Gasteiger partial charge is 0.191 e. The van der Waals surface area contributed by atoms with E-state index < -0.39 is 0 Å². The second kappa shape index (κ2) is 9.23. The highest BCUT2D eigenvalue weighted by Crippen LogP contribution is 2.11. The summed E-state index contributed by atoms with van der Waals surface area (Å²) in [6.07, 6.45) is 3.69. The summed E-state index contributed by atoms with van der Waals surface area (Å²) in [6, 6.07) is 8.56. The van der Waals surface area contributed by atoms with Gasteiger partial charge in [0, 0.05) is 39.9 Å². The van der Waals surface area contributed by atoms with Gasteiger partial charge in [-0.3, -0.25) is 4.99 Å². The molecule has 0 unspecified atom stereocenters. The third kappa shape index (κ3) is 5.95. The Morgan fingerprint density at radius 2 is 1.80 bits per heavy atom. The fraction of sp³-hybridized carbons (Fsp3) is 0.562. The molecule has 0 radical (unpaired) electrons. The topological polar surface area (TPSA) is 39.7 Å². The average Bonchev–Trinajstić information content (AvgIpc) is 2.47. The van der Waals surface area contributed by atoms with Gasteiger partial charge in [0.1, 0.15) is 0 Å². The lowest BCUT2D eigenvalue weighted by Crippen LogP contribution is -2.37. The molecule has 20 heavy (non-hydrogen) atoms. The summed E-state index contributed by atoms with van der Waals surface area (Å²) in [7, 11) is 5.91. The zero-order chi connectivity index (χ0) is 14.8. The molecule has 0 aromatic heterocycles. The summed E-state index contributed by atoms with van der Waals surface area (Å²) in [6.45, 7) is 3.98. The monoisotopic (exact) mass is 276 g/mol. The van der Waals surface area contributed by atoms with Gasteiger partial charge in [0.25, 0.3) is 0 Å². The molecule has 0 aliphatic carbocycles. The van der Waals surface area contributed by atoms with E-state index in [2.05, 4.69) is 65.8 Å². The Bertz CT molecular complexity index is 395. The predicted molar refractivity (Wildman–Crippen MR) is 88.5 cm³/mol. The summed E-state index contributed by atoms with van der Waals surface area (Å²) in [4.78, 5) is 6.34. The van der Waals surface area contributed by atoms with E-state index in [0.717, 1.165) is 19.0 Å². The number of guanidine groups is 1. The van der Waals surface area contributed by atoms with Gasteiger partial charge in [-0.25, -0.2) is 0 Å². The summed E-state index contributed by atoms with van der Waals surface area (Å²) in [5.41, 5.74) is 2.47. The average molecular weight is 276 g/mol. The van der Waals surface area contributed by atoms with Gasteiger partial charge in [0.2, 0.25) is 0 Å². The molecule has 0 saturated heterocycles. The Labute approximate surface area is 123 Å². The maximum absolute atomic E-state index is 4.23. The van der Waals surface area contributed by atoms with Crippen molar-refractivity contribution in [3.63, 3.8) is 0 Å². The summed E-state index contributed by atoms with van der Waals surface area (Å²) in [5.74, 6) is 0.873. The molecular formula is C16H28N4. The maximum Gasteiger partial charge on any atom is 0.191 e. The number of unbranched alkanes of at least 4 members (excludes halogenated alkanes) is 2. The summed E-state index contributed by atoms with van der Waals surface area (Å²) >= 11 is 0. The van der Waals surface area contributed by atoms with E-state index in [-0.39, 0.29) is 0 Å². The minimum atomic E-state index is 0.793. The van der Waals surface area contributed by atoms with Crippen LogP contribution >= 0.6 is 0 Å². The molecular weight excluding hydrogens is 248 g/mol. The summed E-state index contributed by atoms with van der Waals surface area (Å²) < 4.78 is 0. The molecule has 0 fully saturated rings. The third-order valence-electron chi connectivity index (χ3n) is 3.21. The van der Waals surface area contributed by atoms with E-state index in [1.165, 1.54) is 30.5 Å². The van der Waals surface area contributed by atoms with Crippen LogP contribution in [0.1, 0.15) is 31.7 Å². The van der Waals surface area contributed by atoms with Gasteiger partial charge < -0.3 is 15.5 Å². The number of nitrogens with one attached hydrogen (secondary N) is 2. The Kier molecular flexibility index (Phi) is 7.55. The number of nitrogens with zero attached hydrogens (tertiary/aromatic N) is 2. The van der Waals surface area contributed by atoms with Crippen molar-refractivity contribution >= 4 is 11.6 Å². The van der Waals surface area contributed by atoms with Gasteiger partial charge in [0.15, 0.2) is 5.96 Å². The first kappa shape index (κ1) is 16.3. The largest absolute Gasteiger partial charge is 0.378 e. The zero-order valence-electron chi connectivity index (χ0n) is 13.2. The van der Waals surface area contributed by atoms with Crippen LogP contribution in [0.4, 0.5) is 5.69 Å². The standard InChI is InChI=1S/C16H28N4/c1-5-6-7-12-18-16(17-2)19-13-14-8-10-15(11-9-14)20(3)4/h8-11H,5-7,12-13H2,1-4H3,(H2,17,18,19). The molecule has 0 aliphatic rings. The first-order valence-corrected chi connectivity index (χ1v) is 7.38. The number of hydrogen-bond donors (Lipinski definition) is 2. The van der Waals surface area contributed by atoms with Crippen molar-refractivity contribution in [3.05, 3.63) is 29.8 Å². The molecule has 0 bridgehead atoms.